The molecule has 0 saturated carbocycles. The highest BCUT2D eigenvalue weighted by Gasteiger charge is 2.33. The van der Waals surface area contributed by atoms with Crippen molar-refractivity contribution in [3.63, 3.8) is 0 Å². The molecule has 224 valence electrons. The van der Waals surface area contributed by atoms with Crippen molar-refractivity contribution < 1.29 is 27.5 Å². The maximum Gasteiger partial charge on any atom is 0.416 e. The van der Waals surface area contributed by atoms with E-state index in [0.717, 1.165) is 28.3 Å². The molecule has 0 radical (unpaired) electrons. The third kappa shape index (κ3) is 7.01. The molecular formula is C28H32F3N7O3S. The Hall–Kier alpha value is -4.14. The van der Waals surface area contributed by atoms with Gasteiger partial charge in [0.25, 0.3) is 5.91 Å². The van der Waals surface area contributed by atoms with Crippen LogP contribution in [0.1, 0.15) is 52.7 Å². The van der Waals surface area contributed by atoms with Gasteiger partial charge < -0.3 is 20.7 Å². The second-order valence-electron chi connectivity index (χ2n) is 9.96. The van der Waals surface area contributed by atoms with E-state index >= 15 is 0 Å². The van der Waals surface area contributed by atoms with Gasteiger partial charge in [-0.15, -0.1) is 5.53 Å². The fourth-order valence-electron chi connectivity index (χ4n) is 4.24. The third-order valence-corrected chi connectivity index (χ3v) is 7.22. The lowest BCUT2D eigenvalue weighted by atomic mass is 10.1. The average Bonchev–Trinajstić information content (AvgIpc) is 3.52. The minimum Gasteiger partial charge on any atom is -0.494 e. The van der Waals surface area contributed by atoms with Crippen LogP contribution in [0.4, 0.5) is 29.7 Å². The zero-order valence-corrected chi connectivity index (χ0v) is 24.8. The number of hydrazine groups is 2. The summed E-state index contributed by atoms with van der Waals surface area (Å²) in [6, 6.07) is 6.92. The number of nitrogens with zero attached hydrogens (tertiary/aromatic N) is 3. The lowest BCUT2D eigenvalue weighted by Gasteiger charge is -2.22. The highest BCUT2D eigenvalue weighted by molar-refractivity contribution is 7.16. The number of carbonyl (C=O) groups is 2. The summed E-state index contributed by atoms with van der Waals surface area (Å²) in [5, 5.41) is 12.3. The van der Waals surface area contributed by atoms with E-state index in [0.29, 0.717) is 10.8 Å². The molecule has 0 aliphatic carbocycles. The van der Waals surface area contributed by atoms with Crippen molar-refractivity contribution in [2.24, 2.45) is 0 Å². The number of hydrogen-bond donors (Lipinski definition) is 4. The molecule has 4 rings (SSSR count). The quantitative estimate of drug-likeness (QED) is 0.259. The summed E-state index contributed by atoms with van der Waals surface area (Å²) in [5.74, 6) is -0.674. The van der Waals surface area contributed by atoms with E-state index in [4.69, 9.17) is 4.74 Å². The van der Waals surface area contributed by atoms with Crippen molar-refractivity contribution in [1.82, 2.24) is 20.8 Å². The van der Waals surface area contributed by atoms with Crippen LogP contribution in [0.2, 0.25) is 0 Å². The summed E-state index contributed by atoms with van der Waals surface area (Å²) in [6.07, 6.45) is -1.15. The summed E-state index contributed by atoms with van der Waals surface area (Å²) >= 11 is 1.30. The van der Waals surface area contributed by atoms with Crippen LogP contribution in [0.15, 0.2) is 42.7 Å². The molecule has 1 aromatic heterocycles. The molecule has 0 spiro atoms. The van der Waals surface area contributed by atoms with Crippen LogP contribution >= 0.6 is 11.3 Å². The van der Waals surface area contributed by atoms with Crippen LogP contribution in [-0.2, 0) is 17.5 Å². The maximum atomic E-state index is 13.7. The zero-order chi connectivity index (χ0) is 30.8. The van der Waals surface area contributed by atoms with Crippen molar-refractivity contribution in [2.75, 3.05) is 29.8 Å². The molecule has 4 N–H and O–H groups in total. The SMILES string of the molecule is COc1c(CNC(C)C)cc(C(F)(F)F)cc1NC(=O)c1ccc(C)c(N2C=C(c3cnc(NC(C)=O)s3)N(C)N2)c1. The van der Waals surface area contributed by atoms with Crippen molar-refractivity contribution >= 4 is 45.4 Å². The Morgan fingerprint density at radius 2 is 1.90 bits per heavy atom. The Morgan fingerprint density at radius 1 is 1.17 bits per heavy atom. The number of amides is 2. The number of methoxy groups -OCH3 is 1. The van der Waals surface area contributed by atoms with E-state index in [1.165, 1.54) is 25.4 Å². The third-order valence-electron chi connectivity index (χ3n) is 6.29. The number of aryl methyl sites for hydroxylation is 1. The number of ether oxygens (including phenoxy) is 1. The van der Waals surface area contributed by atoms with Gasteiger partial charge in [0.05, 0.1) is 34.6 Å². The highest BCUT2D eigenvalue weighted by Crippen LogP contribution is 2.38. The Morgan fingerprint density at radius 3 is 2.55 bits per heavy atom. The summed E-state index contributed by atoms with van der Waals surface area (Å²) in [7, 11) is 3.16. The van der Waals surface area contributed by atoms with Crippen molar-refractivity contribution in [3.8, 4) is 5.75 Å². The number of nitrogens with one attached hydrogen (secondary N) is 4. The van der Waals surface area contributed by atoms with E-state index in [1.807, 2.05) is 27.0 Å². The number of thiazole rings is 1. The fraction of sp³-hybridized carbons (Fsp3) is 0.321. The van der Waals surface area contributed by atoms with Gasteiger partial charge in [0.15, 0.2) is 5.13 Å². The van der Waals surface area contributed by atoms with Gasteiger partial charge in [0, 0.05) is 50.1 Å². The molecule has 1 aliphatic rings. The number of halogens is 3. The second-order valence-corrected chi connectivity index (χ2v) is 11.0. The van der Waals surface area contributed by atoms with E-state index < -0.39 is 17.6 Å². The number of alkyl halides is 3. The molecule has 0 bridgehead atoms. The number of hydrogen-bond acceptors (Lipinski definition) is 9. The molecule has 0 fully saturated rings. The topological polar surface area (TPSA) is 111 Å². The first-order chi connectivity index (χ1) is 19.8. The van der Waals surface area contributed by atoms with Gasteiger partial charge in [-0.25, -0.2) is 4.98 Å². The first-order valence-electron chi connectivity index (χ1n) is 12.9. The normalized spacial score (nSPS) is 13.4. The van der Waals surface area contributed by atoms with Gasteiger partial charge in [0.1, 0.15) is 5.75 Å². The zero-order valence-electron chi connectivity index (χ0n) is 23.9. The molecule has 14 heteroatoms. The number of benzene rings is 2. The molecule has 2 heterocycles. The van der Waals surface area contributed by atoms with Crippen molar-refractivity contribution in [2.45, 2.75) is 46.5 Å². The van der Waals surface area contributed by atoms with Gasteiger partial charge in [0.2, 0.25) is 5.91 Å². The standard InChI is InChI=1S/C28H32F3N7O3S/c1-15(2)32-12-19-9-20(28(29,30)31)11-21(25(19)41-6)35-26(40)18-8-7-16(3)22(10-18)38-14-23(37(5)36-38)24-13-33-27(42-24)34-17(4)39/h7-11,13-15,32,36H,12H2,1-6H3,(H,35,40)(H,33,34,39). The lowest BCUT2D eigenvalue weighted by molar-refractivity contribution is -0.137. The van der Waals surface area contributed by atoms with E-state index in [2.05, 4.69) is 26.5 Å². The Labute approximate surface area is 245 Å². The largest absolute Gasteiger partial charge is 0.494 e. The molecule has 3 aromatic rings. The highest BCUT2D eigenvalue weighted by atomic mass is 32.1. The van der Waals surface area contributed by atoms with E-state index in [1.54, 1.807) is 41.5 Å². The number of aromatic nitrogens is 1. The van der Waals surface area contributed by atoms with Gasteiger partial charge in [-0.2, -0.15) is 13.2 Å². The minimum atomic E-state index is -4.62. The fourth-order valence-corrected chi connectivity index (χ4v) is 5.15. The van der Waals surface area contributed by atoms with Crippen LogP contribution in [0.3, 0.4) is 0 Å². The van der Waals surface area contributed by atoms with Crippen LogP contribution in [-0.4, -0.2) is 42.0 Å². The van der Waals surface area contributed by atoms with E-state index in [9.17, 15) is 22.8 Å². The monoisotopic (exact) mass is 603 g/mol. The van der Waals surface area contributed by atoms with Crippen LogP contribution in [0.5, 0.6) is 5.75 Å². The predicted octanol–water partition coefficient (Wildman–Crippen LogP) is 5.36. The molecule has 0 atom stereocenters. The molecule has 0 saturated heterocycles. The Bertz CT molecular complexity index is 1520. The summed E-state index contributed by atoms with van der Waals surface area (Å²) in [6.45, 7) is 7.16. The number of rotatable bonds is 9. The first-order valence-corrected chi connectivity index (χ1v) is 13.8. The average molecular weight is 604 g/mol. The summed E-state index contributed by atoms with van der Waals surface area (Å²) in [4.78, 5) is 29.8. The lowest BCUT2D eigenvalue weighted by Crippen LogP contribution is -2.38. The second kappa shape index (κ2) is 12.4. The molecule has 42 heavy (non-hydrogen) atoms. The smallest absolute Gasteiger partial charge is 0.416 e. The van der Waals surface area contributed by atoms with Crippen LogP contribution in [0.25, 0.3) is 5.70 Å². The summed E-state index contributed by atoms with van der Waals surface area (Å²) < 4.78 is 46.7. The van der Waals surface area contributed by atoms with Gasteiger partial charge in [-0.05, 0) is 36.8 Å². The molecule has 2 aromatic carbocycles. The van der Waals surface area contributed by atoms with Crippen LogP contribution < -0.4 is 31.2 Å². The van der Waals surface area contributed by atoms with Crippen molar-refractivity contribution in [1.29, 1.82) is 0 Å². The number of carbonyl (C=O) groups excluding carboxylic acids is 2. The minimum absolute atomic E-state index is 0.0245. The molecule has 1 aliphatic heterocycles. The molecule has 10 nitrogen and oxygen atoms in total. The van der Waals surface area contributed by atoms with E-state index in [-0.39, 0.29) is 41.1 Å². The molecule has 0 unspecified atom stereocenters. The molecular weight excluding hydrogens is 571 g/mol. The van der Waals surface area contributed by atoms with Crippen molar-refractivity contribution in [3.05, 3.63) is 69.9 Å². The first kappa shape index (κ1) is 30.8. The number of anilines is 3. The van der Waals surface area contributed by atoms with Gasteiger partial charge in [-0.1, -0.05) is 31.3 Å². The van der Waals surface area contributed by atoms with Gasteiger partial charge >= 0.3 is 6.18 Å². The van der Waals surface area contributed by atoms with Crippen LogP contribution in [0, 0.1) is 6.92 Å². The maximum absolute atomic E-state index is 13.7. The Balaban J connectivity index is 1.63. The molecule has 2 amide bonds. The Kier molecular flexibility index (Phi) is 9.09. The summed E-state index contributed by atoms with van der Waals surface area (Å²) in [5.41, 5.74) is 4.97. The predicted molar refractivity (Wildman–Crippen MR) is 157 cm³/mol. The van der Waals surface area contributed by atoms with Gasteiger partial charge in [-0.3, -0.25) is 19.6 Å².